The van der Waals surface area contributed by atoms with E-state index in [4.69, 9.17) is 5.73 Å². The number of hydrogen-bond donors (Lipinski definition) is 3. The normalized spacial score (nSPS) is 17.9. The number of imidazole rings is 1. The summed E-state index contributed by atoms with van der Waals surface area (Å²) in [5.74, 6) is -0.875. The molecule has 1 aromatic carbocycles. The minimum Gasteiger partial charge on any atom is -0.352 e. The summed E-state index contributed by atoms with van der Waals surface area (Å²) >= 11 is 0. The molecule has 0 bridgehead atoms. The second-order valence-electron chi connectivity index (χ2n) is 7.43. The van der Waals surface area contributed by atoms with E-state index in [2.05, 4.69) is 15.6 Å². The number of carbonyl (C=O) groups is 2. The van der Waals surface area contributed by atoms with Crippen LogP contribution in [0, 0.1) is 17.6 Å². The van der Waals surface area contributed by atoms with Crippen LogP contribution in [0.1, 0.15) is 32.5 Å². The summed E-state index contributed by atoms with van der Waals surface area (Å²) in [4.78, 5) is 28.4. The van der Waals surface area contributed by atoms with E-state index in [0.29, 0.717) is 31.5 Å². The lowest BCUT2D eigenvalue weighted by Crippen LogP contribution is -2.54. The summed E-state index contributed by atoms with van der Waals surface area (Å²) in [7, 11) is 0. The van der Waals surface area contributed by atoms with Crippen LogP contribution in [0.15, 0.2) is 24.4 Å². The van der Waals surface area contributed by atoms with E-state index in [1.54, 1.807) is 6.20 Å². The number of nitrogens with one attached hydrogen (secondary N) is 2. The average molecular weight is 405 g/mol. The lowest BCUT2D eigenvalue weighted by Gasteiger charge is -2.28. The van der Waals surface area contributed by atoms with Gasteiger partial charge in [0.15, 0.2) is 0 Å². The third kappa shape index (κ3) is 4.72. The van der Waals surface area contributed by atoms with Gasteiger partial charge in [0.05, 0.1) is 5.69 Å². The zero-order chi connectivity index (χ0) is 21.1. The van der Waals surface area contributed by atoms with Gasteiger partial charge in [-0.2, -0.15) is 0 Å². The molecular formula is C20H25F2N5O2. The Morgan fingerprint density at radius 2 is 2.14 bits per heavy atom. The topological polar surface area (TPSA) is 102 Å². The quantitative estimate of drug-likeness (QED) is 0.687. The van der Waals surface area contributed by atoms with E-state index in [9.17, 15) is 18.4 Å². The molecule has 0 saturated heterocycles. The first kappa shape index (κ1) is 20.8. The number of halogens is 2. The van der Waals surface area contributed by atoms with Crippen molar-refractivity contribution in [1.29, 1.82) is 0 Å². The minimum atomic E-state index is -0.739. The first-order valence-electron chi connectivity index (χ1n) is 9.66. The third-order valence-corrected chi connectivity index (χ3v) is 5.34. The van der Waals surface area contributed by atoms with Gasteiger partial charge in [-0.15, -0.1) is 0 Å². The van der Waals surface area contributed by atoms with Gasteiger partial charge in [0.2, 0.25) is 5.91 Å². The molecule has 0 spiro atoms. The summed E-state index contributed by atoms with van der Waals surface area (Å²) in [6.45, 7) is 4.28. The molecular weight excluding hydrogens is 380 g/mol. The predicted octanol–water partition coefficient (Wildman–Crippen LogP) is 2.34. The van der Waals surface area contributed by atoms with Crippen LogP contribution in [-0.2, 0) is 17.8 Å². The maximum absolute atomic E-state index is 14.1. The Morgan fingerprint density at radius 1 is 1.38 bits per heavy atom. The van der Waals surface area contributed by atoms with Crippen molar-refractivity contribution in [2.24, 2.45) is 11.7 Å². The van der Waals surface area contributed by atoms with E-state index in [1.807, 2.05) is 18.4 Å². The van der Waals surface area contributed by atoms with Crippen LogP contribution in [0.3, 0.4) is 0 Å². The van der Waals surface area contributed by atoms with Crippen molar-refractivity contribution < 1.29 is 18.4 Å². The zero-order valence-electron chi connectivity index (χ0n) is 16.4. The molecule has 0 radical (unpaired) electrons. The summed E-state index contributed by atoms with van der Waals surface area (Å²) in [6, 6.07) is 1.79. The van der Waals surface area contributed by atoms with Gasteiger partial charge in [0.25, 0.3) is 0 Å². The number of primary amides is 1. The molecule has 0 aliphatic carbocycles. The van der Waals surface area contributed by atoms with Crippen molar-refractivity contribution in [3.8, 4) is 11.3 Å². The van der Waals surface area contributed by atoms with E-state index in [1.165, 1.54) is 12.1 Å². The molecule has 29 heavy (non-hydrogen) atoms. The van der Waals surface area contributed by atoms with E-state index in [0.717, 1.165) is 11.9 Å². The molecule has 2 heterocycles. The highest BCUT2D eigenvalue weighted by Gasteiger charge is 2.29. The first-order valence-corrected chi connectivity index (χ1v) is 9.66. The highest BCUT2D eigenvalue weighted by molar-refractivity contribution is 5.87. The van der Waals surface area contributed by atoms with Crippen LogP contribution < -0.4 is 16.4 Å². The second kappa shape index (κ2) is 8.59. The molecule has 1 aromatic heterocycles. The largest absolute Gasteiger partial charge is 0.352 e. The fourth-order valence-corrected chi connectivity index (χ4v) is 3.53. The SMILES string of the molecule is CC[C@H](C)[C@H](NC(N)=O)C(=O)NC1CCc2nc(-c3ccc(F)cc3F)cn2C1. The van der Waals surface area contributed by atoms with Crippen molar-refractivity contribution in [1.82, 2.24) is 20.2 Å². The third-order valence-electron chi connectivity index (χ3n) is 5.34. The molecule has 156 valence electrons. The molecule has 3 rings (SSSR count). The van der Waals surface area contributed by atoms with E-state index >= 15 is 0 Å². The van der Waals surface area contributed by atoms with Crippen LogP contribution in [0.2, 0.25) is 0 Å². The Labute approximate surface area is 167 Å². The molecule has 4 N–H and O–H groups in total. The maximum atomic E-state index is 14.1. The Balaban J connectivity index is 1.71. The van der Waals surface area contributed by atoms with Gasteiger partial charge in [-0.25, -0.2) is 18.6 Å². The number of fused-ring (bicyclic) bond motifs is 1. The monoisotopic (exact) mass is 405 g/mol. The summed E-state index contributed by atoms with van der Waals surface area (Å²) in [6.07, 6.45) is 3.68. The smallest absolute Gasteiger partial charge is 0.312 e. The molecule has 0 saturated carbocycles. The average Bonchev–Trinajstić information content (AvgIpc) is 3.08. The molecule has 2 aromatic rings. The van der Waals surface area contributed by atoms with Crippen molar-refractivity contribution in [2.45, 2.75) is 51.7 Å². The molecule has 9 heteroatoms. The highest BCUT2D eigenvalue weighted by Crippen LogP contribution is 2.25. The molecule has 1 aliphatic heterocycles. The number of urea groups is 1. The molecule has 3 amide bonds. The fraction of sp³-hybridized carbons (Fsp3) is 0.450. The van der Waals surface area contributed by atoms with Crippen LogP contribution in [0.25, 0.3) is 11.3 Å². The number of benzene rings is 1. The number of rotatable bonds is 6. The number of nitrogens with two attached hydrogens (primary N) is 1. The van der Waals surface area contributed by atoms with Crippen molar-refractivity contribution in [2.75, 3.05) is 0 Å². The van der Waals surface area contributed by atoms with E-state index < -0.39 is 23.7 Å². The Morgan fingerprint density at radius 3 is 2.79 bits per heavy atom. The maximum Gasteiger partial charge on any atom is 0.312 e. The highest BCUT2D eigenvalue weighted by atomic mass is 19.1. The van der Waals surface area contributed by atoms with Crippen LogP contribution >= 0.6 is 0 Å². The van der Waals surface area contributed by atoms with Gasteiger partial charge in [-0.3, -0.25) is 4.79 Å². The van der Waals surface area contributed by atoms with Crippen LogP contribution in [-0.4, -0.2) is 33.6 Å². The van der Waals surface area contributed by atoms with Gasteiger partial charge >= 0.3 is 6.03 Å². The van der Waals surface area contributed by atoms with Crippen molar-refractivity contribution in [3.63, 3.8) is 0 Å². The van der Waals surface area contributed by atoms with Crippen LogP contribution in [0.5, 0.6) is 0 Å². The second-order valence-corrected chi connectivity index (χ2v) is 7.43. The molecule has 1 aliphatic rings. The van der Waals surface area contributed by atoms with Gasteiger partial charge in [0.1, 0.15) is 23.5 Å². The van der Waals surface area contributed by atoms with Gasteiger partial charge < -0.3 is 20.9 Å². The number of aryl methyl sites for hydroxylation is 1. The number of aromatic nitrogens is 2. The molecule has 7 nitrogen and oxygen atoms in total. The van der Waals surface area contributed by atoms with Gasteiger partial charge in [0, 0.05) is 36.8 Å². The van der Waals surface area contributed by atoms with Crippen LogP contribution in [0.4, 0.5) is 13.6 Å². The number of nitrogens with zero attached hydrogens (tertiary/aromatic N) is 2. The summed E-state index contributed by atoms with van der Waals surface area (Å²) in [5.41, 5.74) is 5.86. The van der Waals surface area contributed by atoms with Gasteiger partial charge in [-0.1, -0.05) is 20.3 Å². The summed E-state index contributed by atoms with van der Waals surface area (Å²) < 4.78 is 29.1. The fourth-order valence-electron chi connectivity index (χ4n) is 3.53. The Hall–Kier alpha value is -2.97. The molecule has 0 fully saturated rings. The molecule has 3 atom stereocenters. The Bertz CT molecular complexity index is 914. The Kier molecular flexibility index (Phi) is 6.14. The van der Waals surface area contributed by atoms with Gasteiger partial charge in [-0.05, 0) is 24.5 Å². The number of hydrogen-bond acceptors (Lipinski definition) is 3. The summed E-state index contributed by atoms with van der Waals surface area (Å²) in [5, 5.41) is 5.48. The molecule has 1 unspecified atom stereocenters. The standard InChI is InChI=1S/C20H25F2N5O2/c1-3-11(2)18(26-20(23)29)19(28)24-13-5-7-17-25-16(10-27(17)9-13)14-6-4-12(21)8-15(14)22/h4,6,8,10-11,13,18H,3,5,7,9H2,1-2H3,(H,24,28)(H3,23,26,29)/t11-,13?,18-/m0/s1. The lowest BCUT2D eigenvalue weighted by atomic mass is 9.97. The van der Waals surface area contributed by atoms with Crippen molar-refractivity contribution >= 4 is 11.9 Å². The minimum absolute atomic E-state index is 0.0667. The zero-order valence-corrected chi connectivity index (χ0v) is 16.4. The predicted molar refractivity (Wildman–Crippen MR) is 104 cm³/mol. The lowest BCUT2D eigenvalue weighted by molar-refractivity contribution is -0.125. The number of amides is 3. The first-order chi connectivity index (χ1) is 13.8. The van der Waals surface area contributed by atoms with E-state index in [-0.39, 0.29) is 23.4 Å². The van der Waals surface area contributed by atoms with Crippen molar-refractivity contribution in [3.05, 3.63) is 41.9 Å². The number of carbonyl (C=O) groups excluding carboxylic acids is 2.